The Morgan fingerprint density at radius 2 is 1.76 bits per heavy atom. The maximum Gasteiger partial charge on any atom is 0.0408 e. The molecule has 0 saturated carbocycles. The van der Waals surface area contributed by atoms with Crippen molar-refractivity contribution in [3.8, 4) is 0 Å². The summed E-state index contributed by atoms with van der Waals surface area (Å²) in [6.07, 6.45) is 2.11. The van der Waals surface area contributed by atoms with Gasteiger partial charge < -0.3 is 5.32 Å². The average molecular weight is 322 g/mol. The highest BCUT2D eigenvalue weighted by Crippen LogP contribution is 2.23. The van der Waals surface area contributed by atoms with Gasteiger partial charge in [0.2, 0.25) is 0 Å². The van der Waals surface area contributed by atoms with Crippen LogP contribution in [0.25, 0.3) is 0 Å². The van der Waals surface area contributed by atoms with Gasteiger partial charge in [-0.1, -0.05) is 54.4 Å². The molecule has 0 amide bonds. The largest absolute Gasteiger partial charge is 0.316 e. The molecule has 0 bridgehead atoms. The van der Waals surface area contributed by atoms with E-state index >= 15 is 0 Å². The van der Waals surface area contributed by atoms with E-state index in [1.165, 1.54) is 11.1 Å². The molecule has 2 aromatic rings. The molecular weight excluding hydrogens is 301 g/mol. The first-order valence-corrected chi connectivity index (χ1v) is 8.15. The Morgan fingerprint density at radius 1 is 1.00 bits per heavy atom. The molecule has 0 aliphatic carbocycles. The summed E-state index contributed by atoms with van der Waals surface area (Å²) in [6, 6.07) is 16.3. The van der Waals surface area contributed by atoms with Crippen molar-refractivity contribution in [3.05, 3.63) is 69.7 Å². The summed E-state index contributed by atoms with van der Waals surface area (Å²) in [7, 11) is 0. The second-order valence-electron chi connectivity index (χ2n) is 5.29. The van der Waals surface area contributed by atoms with Crippen LogP contribution in [0.5, 0.6) is 0 Å². The summed E-state index contributed by atoms with van der Waals surface area (Å²) < 4.78 is 0. The standard InChI is InChI=1S/C18H21Cl2N/c1-2-10-21-13-16(15-6-8-17(19)9-7-15)11-14-4-3-5-18(20)12-14/h3-9,12,16,21H,2,10-11,13H2,1H3. The lowest BCUT2D eigenvalue weighted by atomic mass is 9.92. The molecular formula is C18H21Cl2N. The Morgan fingerprint density at radius 3 is 2.43 bits per heavy atom. The van der Waals surface area contributed by atoms with Gasteiger partial charge in [0.15, 0.2) is 0 Å². The third kappa shape index (κ3) is 5.35. The highest BCUT2D eigenvalue weighted by atomic mass is 35.5. The smallest absolute Gasteiger partial charge is 0.0408 e. The second-order valence-corrected chi connectivity index (χ2v) is 6.16. The molecule has 0 aromatic heterocycles. The molecule has 112 valence electrons. The van der Waals surface area contributed by atoms with Crippen molar-refractivity contribution in [2.45, 2.75) is 25.7 Å². The van der Waals surface area contributed by atoms with Crippen LogP contribution >= 0.6 is 23.2 Å². The van der Waals surface area contributed by atoms with Crippen molar-refractivity contribution in [3.63, 3.8) is 0 Å². The molecule has 0 saturated heterocycles. The Balaban J connectivity index is 2.13. The minimum absolute atomic E-state index is 0.423. The van der Waals surface area contributed by atoms with Crippen molar-refractivity contribution < 1.29 is 0 Å². The SMILES string of the molecule is CCCNCC(Cc1cccc(Cl)c1)c1ccc(Cl)cc1. The van der Waals surface area contributed by atoms with Crippen LogP contribution in [0.2, 0.25) is 10.0 Å². The lowest BCUT2D eigenvalue weighted by Gasteiger charge is -2.18. The van der Waals surface area contributed by atoms with Crippen molar-refractivity contribution in [2.75, 3.05) is 13.1 Å². The van der Waals surface area contributed by atoms with E-state index in [9.17, 15) is 0 Å². The van der Waals surface area contributed by atoms with E-state index in [-0.39, 0.29) is 0 Å². The van der Waals surface area contributed by atoms with Crippen molar-refractivity contribution in [2.24, 2.45) is 0 Å². The van der Waals surface area contributed by atoms with Gasteiger partial charge in [-0.2, -0.15) is 0 Å². The molecule has 3 heteroatoms. The Labute approximate surface area is 137 Å². The lowest BCUT2D eigenvalue weighted by Crippen LogP contribution is -2.23. The average Bonchev–Trinajstić information content (AvgIpc) is 2.47. The van der Waals surface area contributed by atoms with Crippen LogP contribution < -0.4 is 5.32 Å². The maximum atomic E-state index is 6.09. The van der Waals surface area contributed by atoms with Crippen LogP contribution in [0.3, 0.4) is 0 Å². The Bertz CT molecular complexity index is 551. The van der Waals surface area contributed by atoms with Gasteiger partial charge in [-0.25, -0.2) is 0 Å². The summed E-state index contributed by atoms with van der Waals surface area (Å²) in [4.78, 5) is 0. The Kier molecular flexibility index (Phi) is 6.56. The van der Waals surface area contributed by atoms with Gasteiger partial charge in [-0.15, -0.1) is 0 Å². The first-order valence-electron chi connectivity index (χ1n) is 7.39. The summed E-state index contributed by atoms with van der Waals surface area (Å²) in [5.41, 5.74) is 2.57. The molecule has 0 radical (unpaired) electrons. The van der Waals surface area contributed by atoms with Gasteiger partial charge in [0.25, 0.3) is 0 Å². The zero-order valence-corrected chi connectivity index (χ0v) is 13.8. The van der Waals surface area contributed by atoms with Gasteiger partial charge in [0, 0.05) is 22.5 Å². The molecule has 0 aliphatic rings. The highest BCUT2D eigenvalue weighted by molar-refractivity contribution is 6.30. The maximum absolute atomic E-state index is 6.09. The number of hydrogen-bond donors (Lipinski definition) is 1. The molecule has 2 aromatic carbocycles. The fourth-order valence-electron chi connectivity index (χ4n) is 2.44. The number of rotatable bonds is 7. The van der Waals surface area contributed by atoms with E-state index in [1.54, 1.807) is 0 Å². The van der Waals surface area contributed by atoms with Gasteiger partial charge in [-0.05, 0) is 54.8 Å². The zero-order valence-electron chi connectivity index (χ0n) is 12.3. The monoisotopic (exact) mass is 321 g/mol. The van der Waals surface area contributed by atoms with Crippen molar-refractivity contribution >= 4 is 23.2 Å². The van der Waals surface area contributed by atoms with Crippen LogP contribution in [0.1, 0.15) is 30.4 Å². The quantitative estimate of drug-likeness (QED) is 0.680. The molecule has 0 heterocycles. The van der Waals surface area contributed by atoms with Crippen molar-refractivity contribution in [1.29, 1.82) is 0 Å². The molecule has 21 heavy (non-hydrogen) atoms. The minimum Gasteiger partial charge on any atom is -0.316 e. The van der Waals surface area contributed by atoms with E-state index < -0.39 is 0 Å². The van der Waals surface area contributed by atoms with Gasteiger partial charge >= 0.3 is 0 Å². The molecule has 2 rings (SSSR count). The molecule has 0 aliphatic heterocycles. The number of hydrogen-bond acceptors (Lipinski definition) is 1. The topological polar surface area (TPSA) is 12.0 Å². The van der Waals surface area contributed by atoms with Crippen LogP contribution in [-0.4, -0.2) is 13.1 Å². The summed E-state index contributed by atoms with van der Waals surface area (Å²) in [6.45, 7) is 4.18. The van der Waals surface area contributed by atoms with Gasteiger partial charge in [0.05, 0.1) is 0 Å². The van der Waals surface area contributed by atoms with Crippen LogP contribution in [0.4, 0.5) is 0 Å². The van der Waals surface area contributed by atoms with E-state index in [0.717, 1.165) is 36.0 Å². The third-order valence-electron chi connectivity index (χ3n) is 3.53. The molecule has 0 fully saturated rings. The van der Waals surface area contributed by atoms with Gasteiger partial charge in [-0.3, -0.25) is 0 Å². The second kappa shape index (κ2) is 8.43. The van der Waals surface area contributed by atoms with E-state index in [1.807, 2.05) is 30.3 Å². The molecule has 1 N–H and O–H groups in total. The third-order valence-corrected chi connectivity index (χ3v) is 4.02. The fourth-order valence-corrected chi connectivity index (χ4v) is 2.78. The molecule has 1 nitrogen and oxygen atoms in total. The van der Waals surface area contributed by atoms with Gasteiger partial charge in [0.1, 0.15) is 0 Å². The van der Waals surface area contributed by atoms with Crippen molar-refractivity contribution in [1.82, 2.24) is 5.32 Å². The number of benzene rings is 2. The van der Waals surface area contributed by atoms with Crippen LogP contribution in [-0.2, 0) is 6.42 Å². The predicted octanol–water partition coefficient (Wildman–Crippen LogP) is 5.32. The van der Waals surface area contributed by atoms with E-state index in [4.69, 9.17) is 23.2 Å². The number of halogens is 2. The summed E-state index contributed by atoms with van der Waals surface area (Å²) in [5.74, 6) is 0.423. The zero-order chi connectivity index (χ0) is 15.1. The molecule has 1 atom stereocenters. The first-order chi connectivity index (χ1) is 10.2. The van der Waals surface area contributed by atoms with E-state index in [0.29, 0.717) is 5.92 Å². The highest BCUT2D eigenvalue weighted by Gasteiger charge is 2.12. The summed E-state index contributed by atoms with van der Waals surface area (Å²) in [5, 5.41) is 5.09. The van der Waals surface area contributed by atoms with Crippen LogP contribution in [0.15, 0.2) is 48.5 Å². The summed E-state index contributed by atoms with van der Waals surface area (Å²) >= 11 is 12.1. The van der Waals surface area contributed by atoms with Crippen LogP contribution in [0, 0.1) is 0 Å². The Hall–Kier alpha value is -1.02. The first kappa shape index (κ1) is 16.4. The minimum atomic E-state index is 0.423. The number of nitrogens with one attached hydrogen (secondary N) is 1. The molecule has 0 spiro atoms. The lowest BCUT2D eigenvalue weighted by molar-refractivity contribution is 0.576. The predicted molar refractivity (Wildman–Crippen MR) is 92.5 cm³/mol. The molecule has 1 unspecified atom stereocenters. The van der Waals surface area contributed by atoms with E-state index in [2.05, 4.69) is 30.4 Å². The normalized spacial score (nSPS) is 12.3. The fraction of sp³-hybridized carbons (Fsp3) is 0.333.